The van der Waals surface area contributed by atoms with E-state index in [2.05, 4.69) is 44.3 Å². The normalized spacial score (nSPS) is 16.0. The summed E-state index contributed by atoms with van der Waals surface area (Å²) in [5, 5.41) is 20.8. The summed E-state index contributed by atoms with van der Waals surface area (Å²) in [4.78, 5) is 11.9. The van der Waals surface area contributed by atoms with Crippen molar-refractivity contribution < 1.29 is 14.3 Å². The average molecular weight is 442 g/mol. The highest BCUT2D eigenvalue weighted by Gasteiger charge is 2.29. The number of nitrogens with zero attached hydrogens (tertiary/aromatic N) is 3. The first kappa shape index (κ1) is 21.6. The third kappa shape index (κ3) is 4.99. The quantitative estimate of drug-likeness (QED) is 0.517. The second-order valence-corrected chi connectivity index (χ2v) is 10.3. The Morgan fingerprint density at radius 2 is 2.19 bits per heavy atom. The summed E-state index contributed by atoms with van der Waals surface area (Å²) in [6.45, 7) is 6.83. The number of pyridine rings is 1. The highest BCUT2D eigenvalue weighted by Crippen LogP contribution is 2.38. The molecule has 0 aromatic carbocycles. The lowest BCUT2D eigenvalue weighted by Crippen LogP contribution is -2.21. The van der Waals surface area contributed by atoms with Crippen molar-refractivity contribution in [3.63, 3.8) is 0 Å². The van der Waals surface area contributed by atoms with Gasteiger partial charge in [0.15, 0.2) is 0 Å². The van der Waals surface area contributed by atoms with Gasteiger partial charge in [0.1, 0.15) is 17.0 Å². The molecule has 1 aliphatic rings. The molecule has 0 saturated heterocycles. The van der Waals surface area contributed by atoms with Gasteiger partial charge in [-0.25, -0.2) is 9.97 Å². The molecule has 0 aliphatic heterocycles. The Hall–Kier alpha value is -2.65. The molecule has 0 bridgehead atoms. The van der Waals surface area contributed by atoms with E-state index < -0.39 is 10.8 Å². The minimum Gasteiger partial charge on any atom is -0.395 e. The topological polar surface area (TPSA) is 118 Å². The van der Waals surface area contributed by atoms with Crippen molar-refractivity contribution in [2.75, 3.05) is 17.7 Å². The maximum atomic E-state index is 12.6. The van der Waals surface area contributed by atoms with E-state index in [1.165, 1.54) is 11.3 Å². The van der Waals surface area contributed by atoms with E-state index in [0.29, 0.717) is 17.4 Å². The van der Waals surface area contributed by atoms with Gasteiger partial charge in [-0.2, -0.15) is 5.10 Å². The summed E-state index contributed by atoms with van der Waals surface area (Å²) in [6.07, 6.45) is 6.73. The molecule has 31 heavy (non-hydrogen) atoms. The molecular formula is C22H29N6O2S+. The molecule has 4 rings (SSSR count). The molecule has 9 heteroatoms. The molecule has 3 aromatic rings. The number of rotatable bonds is 7. The second kappa shape index (κ2) is 8.84. The van der Waals surface area contributed by atoms with Gasteiger partial charge in [0, 0.05) is 30.3 Å². The molecule has 8 nitrogen and oxygen atoms in total. The molecule has 1 unspecified atom stereocenters. The fourth-order valence-corrected chi connectivity index (χ4v) is 4.70. The first-order valence-electron chi connectivity index (χ1n) is 10.5. The van der Waals surface area contributed by atoms with Crippen molar-refractivity contribution in [2.45, 2.75) is 51.6 Å². The third-order valence-electron chi connectivity index (χ3n) is 5.61. The van der Waals surface area contributed by atoms with Gasteiger partial charge in [0.05, 0.1) is 40.6 Å². The average Bonchev–Trinajstić information content (AvgIpc) is 3.15. The fraction of sp³-hybridized carbons (Fsp3) is 0.455. The van der Waals surface area contributed by atoms with Gasteiger partial charge in [0.2, 0.25) is 0 Å². The van der Waals surface area contributed by atoms with Crippen molar-refractivity contribution in [1.82, 2.24) is 20.2 Å². The van der Waals surface area contributed by atoms with Gasteiger partial charge in [-0.1, -0.05) is 18.8 Å². The summed E-state index contributed by atoms with van der Waals surface area (Å²) in [7, 11) is -1.39. The summed E-state index contributed by atoms with van der Waals surface area (Å²) in [5.74, 6) is 1.61. The Morgan fingerprint density at radius 3 is 2.94 bits per heavy atom. The molecule has 0 spiro atoms. The minimum absolute atomic E-state index is 0.152. The number of anilines is 1. The summed E-state index contributed by atoms with van der Waals surface area (Å²) in [5.41, 5.74) is 5.42. The van der Waals surface area contributed by atoms with E-state index in [1.54, 1.807) is 6.20 Å². The van der Waals surface area contributed by atoms with E-state index in [1.807, 2.05) is 25.3 Å². The number of aliphatic hydroxyl groups excluding tert-OH is 1. The standard InChI is InChI=1S/C22H28N6O2S/c1-14-23-11-15(12-24-14)13-25-19-8-16(9-20(26-19)31(30)7-6-29)21-17-4-5-22(2,3)10-18(17)27-28-21/h8-9,11-12,29H,4-7,10,13H2,1-3H3,(H,25,26)(H,27,28)/p+1. The number of aryl methyl sites for hydroxylation is 1. The lowest BCUT2D eigenvalue weighted by Gasteiger charge is -2.29. The smallest absolute Gasteiger partial charge is 0.292 e. The number of aliphatic hydroxyl groups is 1. The van der Waals surface area contributed by atoms with E-state index >= 15 is 0 Å². The highest BCUT2D eigenvalue weighted by molar-refractivity contribution is 7.85. The van der Waals surface area contributed by atoms with Gasteiger partial charge in [-0.3, -0.25) is 9.31 Å². The zero-order valence-electron chi connectivity index (χ0n) is 18.2. The van der Waals surface area contributed by atoms with Gasteiger partial charge in [0.25, 0.3) is 5.82 Å². The van der Waals surface area contributed by atoms with Crippen molar-refractivity contribution >= 4 is 16.6 Å². The Morgan fingerprint density at radius 1 is 1.35 bits per heavy atom. The number of nitrogens with one attached hydrogen (secondary N) is 3. The predicted molar refractivity (Wildman–Crippen MR) is 119 cm³/mol. The molecule has 0 radical (unpaired) electrons. The van der Waals surface area contributed by atoms with Crippen molar-refractivity contribution in [2.24, 2.45) is 5.41 Å². The minimum atomic E-state index is -1.39. The van der Waals surface area contributed by atoms with Crippen LogP contribution in [-0.4, -0.2) is 41.8 Å². The Labute approximate surface area is 184 Å². The lowest BCUT2D eigenvalue weighted by molar-refractivity contribution is -0.393. The molecule has 0 amide bonds. The molecule has 1 aliphatic carbocycles. The van der Waals surface area contributed by atoms with Crippen LogP contribution in [0.5, 0.6) is 0 Å². The van der Waals surface area contributed by atoms with Crippen molar-refractivity contribution in [3.05, 3.63) is 47.2 Å². The van der Waals surface area contributed by atoms with Gasteiger partial charge in [-0.05, 0) is 36.8 Å². The van der Waals surface area contributed by atoms with E-state index in [0.717, 1.165) is 41.9 Å². The van der Waals surface area contributed by atoms with Crippen LogP contribution in [0.1, 0.15) is 42.9 Å². The number of H-pyrrole nitrogens is 2. The van der Waals surface area contributed by atoms with E-state index in [4.69, 9.17) is 0 Å². The van der Waals surface area contributed by atoms with Gasteiger partial charge >= 0.3 is 0 Å². The number of fused-ring (bicyclic) bond motifs is 1. The summed E-state index contributed by atoms with van der Waals surface area (Å²) in [6, 6.07) is 3.77. The van der Waals surface area contributed by atoms with Crippen LogP contribution in [0.2, 0.25) is 0 Å². The number of hydrogen-bond acceptors (Lipinski definition) is 6. The van der Waals surface area contributed by atoms with Crippen LogP contribution in [0.25, 0.3) is 11.3 Å². The number of aromatic amines is 2. The molecule has 4 N–H and O–H groups in total. The molecule has 1 atom stereocenters. The SMILES string of the molecule is Cc1ncc(CNc2cc(-c3n[nH]c4c3CCC(C)(C)C4)cc(S(=O)CCO)n2)c[nH+]1. The Bertz CT molecular complexity index is 1090. The van der Waals surface area contributed by atoms with E-state index in [-0.39, 0.29) is 17.8 Å². The summed E-state index contributed by atoms with van der Waals surface area (Å²) < 4.78 is 12.6. The molecular weight excluding hydrogens is 412 g/mol. The van der Waals surface area contributed by atoms with Crippen LogP contribution >= 0.6 is 0 Å². The van der Waals surface area contributed by atoms with Crippen molar-refractivity contribution in [3.8, 4) is 11.3 Å². The largest absolute Gasteiger partial charge is 0.395 e. The fourth-order valence-electron chi connectivity index (χ4n) is 3.86. The molecule has 0 fully saturated rings. The second-order valence-electron chi connectivity index (χ2n) is 8.78. The zero-order chi connectivity index (χ0) is 22.0. The summed E-state index contributed by atoms with van der Waals surface area (Å²) >= 11 is 0. The number of aromatic nitrogens is 5. The van der Waals surface area contributed by atoms with Gasteiger partial charge < -0.3 is 10.4 Å². The van der Waals surface area contributed by atoms with Crippen LogP contribution < -0.4 is 10.3 Å². The first-order chi connectivity index (χ1) is 14.8. The third-order valence-corrected chi connectivity index (χ3v) is 6.84. The highest BCUT2D eigenvalue weighted by atomic mass is 32.2. The Balaban J connectivity index is 1.66. The first-order valence-corrected chi connectivity index (χ1v) is 11.8. The predicted octanol–water partition coefficient (Wildman–Crippen LogP) is 2.22. The van der Waals surface area contributed by atoms with Crippen LogP contribution in [0.3, 0.4) is 0 Å². The number of hydrogen-bond donors (Lipinski definition) is 3. The van der Waals surface area contributed by atoms with Crippen LogP contribution in [0, 0.1) is 12.3 Å². The maximum Gasteiger partial charge on any atom is 0.292 e. The maximum absolute atomic E-state index is 12.6. The molecule has 3 aromatic heterocycles. The molecule has 3 heterocycles. The Kier molecular flexibility index (Phi) is 6.15. The zero-order valence-corrected chi connectivity index (χ0v) is 19.0. The van der Waals surface area contributed by atoms with Crippen LogP contribution in [-0.2, 0) is 30.2 Å². The van der Waals surface area contributed by atoms with E-state index in [9.17, 15) is 9.32 Å². The molecule has 0 saturated carbocycles. The van der Waals surface area contributed by atoms with Crippen LogP contribution in [0.4, 0.5) is 5.82 Å². The lowest BCUT2D eigenvalue weighted by atomic mass is 9.76. The molecule has 164 valence electrons. The van der Waals surface area contributed by atoms with Crippen LogP contribution in [0.15, 0.2) is 29.6 Å². The van der Waals surface area contributed by atoms with Gasteiger partial charge in [-0.15, -0.1) is 0 Å². The van der Waals surface area contributed by atoms with Crippen molar-refractivity contribution in [1.29, 1.82) is 0 Å². The monoisotopic (exact) mass is 441 g/mol.